The average Bonchev–Trinajstić information content (AvgIpc) is 2.36. The second-order valence-electron chi connectivity index (χ2n) is 3.49. The molecule has 0 bridgehead atoms. The second kappa shape index (κ2) is 5.64. The van der Waals surface area contributed by atoms with Crippen molar-refractivity contribution >= 4 is 11.5 Å². The first kappa shape index (κ1) is 14.9. The predicted octanol–water partition coefficient (Wildman–Crippen LogP) is 2.73. The van der Waals surface area contributed by atoms with Gasteiger partial charge in [0.05, 0.1) is 14.2 Å². The molecule has 0 unspecified atom stereocenters. The number of rotatable bonds is 4. The molecule has 0 aliphatic heterocycles. The Hall–Kier alpha value is -2.18. The highest BCUT2D eigenvalue weighted by Gasteiger charge is 2.37. The molecule has 0 spiro atoms. The summed E-state index contributed by atoms with van der Waals surface area (Å²) in [7, 11) is 2.69. The van der Waals surface area contributed by atoms with Crippen LogP contribution in [0.15, 0.2) is 24.3 Å². The number of carbonyl (C=O) groups is 1. The minimum absolute atomic E-state index is 0.0196. The molecular weight excluding hydrogens is 265 g/mol. The number of hydrogen-bond donors (Lipinski definition) is 1. The van der Waals surface area contributed by atoms with E-state index in [0.717, 1.165) is 0 Å². The van der Waals surface area contributed by atoms with Crippen molar-refractivity contribution < 1.29 is 32.5 Å². The molecule has 1 aromatic rings. The van der Waals surface area contributed by atoms with Gasteiger partial charge in [0.2, 0.25) is 0 Å². The van der Waals surface area contributed by atoms with Gasteiger partial charge in [-0.3, -0.25) is 4.79 Å². The van der Waals surface area contributed by atoms with Crippen LogP contribution in [0.1, 0.15) is 5.56 Å². The zero-order chi connectivity index (χ0) is 14.6. The van der Waals surface area contributed by atoms with E-state index in [4.69, 9.17) is 9.47 Å². The van der Waals surface area contributed by atoms with Crippen LogP contribution in [0.4, 0.5) is 13.2 Å². The highest BCUT2D eigenvalue weighted by atomic mass is 19.4. The lowest BCUT2D eigenvalue weighted by Gasteiger charge is -2.08. The third-order valence-electron chi connectivity index (χ3n) is 2.19. The molecule has 1 rings (SSSR count). The van der Waals surface area contributed by atoms with Gasteiger partial charge in [0.25, 0.3) is 5.78 Å². The molecule has 0 saturated carbocycles. The number of allylic oxidation sites excluding steroid dienone is 1. The Morgan fingerprint density at radius 2 is 1.63 bits per heavy atom. The molecule has 19 heavy (non-hydrogen) atoms. The lowest BCUT2D eigenvalue weighted by molar-refractivity contribution is -0.165. The number of alkyl halides is 3. The van der Waals surface area contributed by atoms with Gasteiger partial charge < -0.3 is 14.6 Å². The van der Waals surface area contributed by atoms with E-state index in [0.29, 0.717) is 0 Å². The maximum Gasteiger partial charge on any atom is 0.454 e. The summed E-state index contributed by atoms with van der Waals surface area (Å²) in [5, 5.41) is 9.52. The summed E-state index contributed by atoms with van der Waals surface area (Å²) in [6.07, 6.45) is -4.93. The van der Waals surface area contributed by atoms with Crippen LogP contribution in [0.3, 0.4) is 0 Å². The van der Waals surface area contributed by atoms with Gasteiger partial charge in [-0.1, -0.05) is 0 Å². The molecule has 4 nitrogen and oxygen atoms in total. The largest absolute Gasteiger partial charge is 0.507 e. The van der Waals surface area contributed by atoms with Crippen molar-refractivity contribution in [3.63, 3.8) is 0 Å². The summed E-state index contributed by atoms with van der Waals surface area (Å²) in [4.78, 5) is 10.7. The number of halogens is 3. The lowest BCUT2D eigenvalue weighted by Crippen LogP contribution is -2.20. The van der Waals surface area contributed by atoms with Crippen LogP contribution in [-0.2, 0) is 4.79 Å². The quantitative estimate of drug-likeness (QED) is 0.678. The Balaban J connectivity index is 3.15. The molecule has 0 aliphatic rings. The zero-order valence-corrected chi connectivity index (χ0v) is 10.1. The molecule has 0 amide bonds. The highest BCUT2D eigenvalue weighted by Crippen LogP contribution is 2.27. The van der Waals surface area contributed by atoms with E-state index in [2.05, 4.69) is 0 Å². The van der Waals surface area contributed by atoms with E-state index in [1.54, 1.807) is 0 Å². The molecule has 7 heteroatoms. The fraction of sp³-hybridized carbons (Fsp3) is 0.250. The third kappa shape index (κ3) is 3.90. The van der Waals surface area contributed by atoms with E-state index >= 15 is 0 Å². The molecule has 0 atom stereocenters. The summed E-state index contributed by atoms with van der Waals surface area (Å²) in [5.74, 6) is -2.42. The monoisotopic (exact) mass is 276 g/mol. The predicted molar refractivity (Wildman–Crippen MR) is 61.2 cm³/mol. The Morgan fingerprint density at radius 3 is 2.00 bits per heavy atom. The fourth-order valence-electron chi connectivity index (χ4n) is 1.24. The molecule has 0 fully saturated rings. The van der Waals surface area contributed by atoms with Crippen molar-refractivity contribution in [3.8, 4) is 11.5 Å². The molecule has 0 heterocycles. The van der Waals surface area contributed by atoms with Gasteiger partial charge in [0, 0.05) is 17.7 Å². The van der Waals surface area contributed by atoms with E-state index in [-0.39, 0.29) is 23.1 Å². The summed E-state index contributed by atoms with van der Waals surface area (Å²) in [5.41, 5.74) is -0.0196. The molecule has 0 saturated heterocycles. The first-order valence-electron chi connectivity index (χ1n) is 5.03. The Labute approximate surface area is 107 Å². The van der Waals surface area contributed by atoms with Crippen molar-refractivity contribution in [2.75, 3.05) is 14.2 Å². The zero-order valence-electron chi connectivity index (χ0n) is 10.1. The molecule has 0 aliphatic carbocycles. The van der Waals surface area contributed by atoms with Crippen molar-refractivity contribution in [1.29, 1.82) is 0 Å². The highest BCUT2D eigenvalue weighted by molar-refractivity contribution is 5.99. The number of ketones is 1. The Kier molecular flexibility index (Phi) is 4.42. The van der Waals surface area contributed by atoms with Crippen molar-refractivity contribution in [2.45, 2.75) is 6.18 Å². The van der Waals surface area contributed by atoms with E-state index in [1.807, 2.05) is 0 Å². The number of benzene rings is 1. The second-order valence-corrected chi connectivity index (χ2v) is 3.49. The smallest absolute Gasteiger partial charge is 0.454 e. The Bertz CT molecular complexity index is 484. The minimum atomic E-state index is -5.03. The van der Waals surface area contributed by atoms with Gasteiger partial charge in [-0.05, 0) is 12.1 Å². The summed E-state index contributed by atoms with van der Waals surface area (Å²) in [6.45, 7) is 0. The van der Waals surface area contributed by atoms with Crippen molar-refractivity contribution in [3.05, 3.63) is 29.8 Å². The number of methoxy groups -OCH3 is 2. The average molecular weight is 276 g/mol. The van der Waals surface area contributed by atoms with E-state index in [9.17, 15) is 23.1 Å². The SMILES string of the molecule is COc1cc(OC)cc(C(O)=CC(=O)C(F)(F)F)c1. The number of aliphatic hydroxyl groups is 1. The van der Waals surface area contributed by atoms with Gasteiger partial charge in [-0.15, -0.1) is 0 Å². The van der Waals surface area contributed by atoms with Crippen molar-refractivity contribution in [2.24, 2.45) is 0 Å². The van der Waals surface area contributed by atoms with Gasteiger partial charge in [0.15, 0.2) is 0 Å². The molecule has 0 radical (unpaired) electrons. The summed E-state index contributed by atoms with van der Waals surface area (Å²) < 4.78 is 46.0. The van der Waals surface area contributed by atoms with Crippen LogP contribution in [0.25, 0.3) is 5.76 Å². The van der Waals surface area contributed by atoms with Crippen LogP contribution < -0.4 is 9.47 Å². The maximum atomic E-state index is 12.1. The van der Waals surface area contributed by atoms with Gasteiger partial charge >= 0.3 is 6.18 Å². The standard InChI is InChI=1S/C12H11F3O4/c1-18-8-3-7(4-9(5-8)19-2)10(16)6-11(17)12(13,14)15/h3-6,16H,1-2H3. The first-order chi connectivity index (χ1) is 8.77. The number of aliphatic hydroxyl groups excluding tert-OH is 1. The van der Waals surface area contributed by atoms with Gasteiger partial charge in [-0.25, -0.2) is 0 Å². The van der Waals surface area contributed by atoms with Crippen LogP contribution in [0.2, 0.25) is 0 Å². The van der Waals surface area contributed by atoms with Crippen LogP contribution in [-0.4, -0.2) is 31.3 Å². The topological polar surface area (TPSA) is 55.8 Å². The molecule has 1 aromatic carbocycles. The lowest BCUT2D eigenvalue weighted by atomic mass is 10.1. The van der Waals surface area contributed by atoms with Gasteiger partial charge in [0.1, 0.15) is 17.3 Å². The maximum absolute atomic E-state index is 12.1. The van der Waals surface area contributed by atoms with E-state index in [1.165, 1.54) is 32.4 Å². The fourth-order valence-corrected chi connectivity index (χ4v) is 1.24. The van der Waals surface area contributed by atoms with Gasteiger partial charge in [-0.2, -0.15) is 13.2 Å². The molecular formula is C12H11F3O4. The number of hydrogen-bond acceptors (Lipinski definition) is 4. The summed E-state index contributed by atoms with van der Waals surface area (Å²) in [6, 6.07) is 4.03. The van der Waals surface area contributed by atoms with Crippen molar-refractivity contribution in [1.82, 2.24) is 0 Å². The molecule has 104 valence electrons. The minimum Gasteiger partial charge on any atom is -0.507 e. The number of carbonyl (C=O) groups excluding carboxylic acids is 1. The van der Waals surface area contributed by atoms with E-state index < -0.39 is 17.7 Å². The van der Waals surface area contributed by atoms with Crippen LogP contribution in [0, 0.1) is 0 Å². The summed E-state index contributed by atoms with van der Waals surface area (Å²) >= 11 is 0. The molecule has 1 N–H and O–H groups in total. The van der Waals surface area contributed by atoms with Crippen LogP contribution >= 0.6 is 0 Å². The third-order valence-corrected chi connectivity index (χ3v) is 2.19. The first-order valence-corrected chi connectivity index (χ1v) is 5.03. The molecule has 0 aromatic heterocycles. The normalized spacial score (nSPS) is 12.2. The number of ether oxygens (including phenoxy) is 2. The Morgan fingerprint density at radius 1 is 1.16 bits per heavy atom. The van der Waals surface area contributed by atoms with Crippen LogP contribution in [0.5, 0.6) is 11.5 Å².